The SMILES string of the molecule is COc1cc2cccc(O)c2c2c1[C@H]1C(=O)[C@H]3C=Cc4c(OC)c(OC)c5ccc6c(OC)cc7c(OC)cc1c1c7c6c5c4C213. The number of carbonyl (C=O) groups is 1. The van der Waals surface area contributed by atoms with Gasteiger partial charge >= 0.3 is 0 Å². The monoisotopic (exact) mass is 608 g/mol. The fourth-order valence-corrected chi connectivity index (χ4v) is 9.69. The molecule has 7 heteroatoms. The van der Waals surface area contributed by atoms with E-state index in [0.29, 0.717) is 23.0 Å². The van der Waals surface area contributed by atoms with Gasteiger partial charge in [-0.2, -0.15) is 0 Å². The Hall–Kier alpha value is -5.43. The summed E-state index contributed by atoms with van der Waals surface area (Å²) in [6, 6.07) is 15.7. The third-order valence-electron chi connectivity index (χ3n) is 11.1. The lowest BCUT2D eigenvalue weighted by molar-refractivity contribution is -0.124. The average Bonchev–Trinajstić information content (AvgIpc) is 3.08. The molecule has 11 rings (SSSR count). The lowest BCUT2D eigenvalue weighted by Gasteiger charge is -2.57. The van der Waals surface area contributed by atoms with Crippen LogP contribution in [0.5, 0.6) is 34.5 Å². The Bertz CT molecular complexity index is 2510. The van der Waals surface area contributed by atoms with Crippen LogP contribution in [0.3, 0.4) is 0 Å². The van der Waals surface area contributed by atoms with E-state index in [-0.39, 0.29) is 11.5 Å². The molecule has 5 aliphatic rings. The first-order chi connectivity index (χ1) is 22.5. The summed E-state index contributed by atoms with van der Waals surface area (Å²) in [5.41, 5.74) is 4.47. The summed E-state index contributed by atoms with van der Waals surface area (Å²) < 4.78 is 30.5. The van der Waals surface area contributed by atoms with Gasteiger partial charge in [-0.05, 0) is 74.8 Å². The number of phenolic OH excluding ortho intramolecular Hbond substituents is 1. The Morgan fingerprint density at radius 2 is 1.39 bits per heavy atom. The van der Waals surface area contributed by atoms with Gasteiger partial charge in [-0.3, -0.25) is 4.79 Å². The van der Waals surface area contributed by atoms with Crippen LogP contribution >= 0.6 is 0 Å². The molecule has 1 unspecified atom stereocenters. The van der Waals surface area contributed by atoms with Crippen LogP contribution in [-0.2, 0) is 10.2 Å². The molecular formula is C39H28O7. The van der Waals surface area contributed by atoms with E-state index >= 15 is 4.79 Å². The van der Waals surface area contributed by atoms with Crippen molar-refractivity contribution in [1.82, 2.24) is 0 Å². The topological polar surface area (TPSA) is 83.5 Å². The van der Waals surface area contributed by atoms with Gasteiger partial charge in [-0.15, -0.1) is 0 Å². The highest BCUT2D eigenvalue weighted by atomic mass is 16.5. The smallest absolute Gasteiger partial charge is 0.169 e. The number of Topliss-reactive ketones (excluding diaryl/α,β-unsaturated/α-hetero) is 1. The van der Waals surface area contributed by atoms with Gasteiger partial charge in [-0.25, -0.2) is 0 Å². The van der Waals surface area contributed by atoms with Crippen LogP contribution in [0.2, 0.25) is 0 Å². The van der Waals surface area contributed by atoms with Crippen molar-refractivity contribution in [1.29, 1.82) is 0 Å². The van der Waals surface area contributed by atoms with Crippen molar-refractivity contribution in [2.75, 3.05) is 35.5 Å². The van der Waals surface area contributed by atoms with Gasteiger partial charge in [-0.1, -0.05) is 24.3 Å². The second kappa shape index (κ2) is 8.23. The number of aromatic hydroxyl groups is 1. The van der Waals surface area contributed by atoms with E-state index in [1.165, 1.54) is 0 Å². The summed E-state index contributed by atoms with van der Waals surface area (Å²) in [6.45, 7) is 0. The third-order valence-corrected chi connectivity index (χ3v) is 11.1. The number of ketones is 1. The van der Waals surface area contributed by atoms with E-state index in [1.54, 1.807) is 41.6 Å². The van der Waals surface area contributed by atoms with Crippen molar-refractivity contribution < 1.29 is 33.6 Å². The molecule has 1 N–H and O–H groups in total. The molecule has 6 aromatic carbocycles. The van der Waals surface area contributed by atoms with Crippen LogP contribution in [0.15, 0.2) is 54.6 Å². The number of fused-ring (bicyclic) bond motifs is 1. The van der Waals surface area contributed by atoms with Gasteiger partial charge in [0.15, 0.2) is 17.3 Å². The number of allylic oxidation sites excluding steroid dienone is 1. The molecule has 0 amide bonds. The molecule has 0 radical (unpaired) electrons. The zero-order valence-corrected chi connectivity index (χ0v) is 25.8. The predicted octanol–water partition coefficient (Wildman–Crippen LogP) is 7.37. The molecule has 0 aliphatic heterocycles. The minimum Gasteiger partial charge on any atom is -0.507 e. The molecular weight excluding hydrogens is 580 g/mol. The van der Waals surface area contributed by atoms with Gasteiger partial charge in [0.25, 0.3) is 0 Å². The quantitative estimate of drug-likeness (QED) is 0.205. The average molecular weight is 609 g/mol. The van der Waals surface area contributed by atoms with E-state index < -0.39 is 17.3 Å². The Kier molecular flexibility index (Phi) is 4.63. The van der Waals surface area contributed by atoms with Crippen LogP contribution in [0, 0.1) is 5.92 Å². The number of ether oxygens (including phenoxy) is 5. The number of phenols is 1. The molecule has 0 aromatic heterocycles. The Labute approximate surface area is 263 Å². The largest absolute Gasteiger partial charge is 0.507 e. The summed E-state index contributed by atoms with van der Waals surface area (Å²) >= 11 is 0. The van der Waals surface area contributed by atoms with Crippen LogP contribution in [0.4, 0.5) is 0 Å². The summed E-state index contributed by atoms with van der Waals surface area (Å²) in [7, 11) is 8.30. The van der Waals surface area contributed by atoms with Crippen LogP contribution < -0.4 is 23.7 Å². The third kappa shape index (κ3) is 2.47. The minimum absolute atomic E-state index is 0.0865. The lowest BCUT2D eigenvalue weighted by atomic mass is 9.43. The molecule has 0 fully saturated rings. The molecule has 226 valence electrons. The van der Waals surface area contributed by atoms with Crippen LogP contribution in [-0.4, -0.2) is 46.4 Å². The van der Waals surface area contributed by atoms with Crippen molar-refractivity contribution in [3.05, 3.63) is 88.0 Å². The van der Waals surface area contributed by atoms with E-state index in [4.69, 9.17) is 23.7 Å². The van der Waals surface area contributed by atoms with Crippen LogP contribution in [0.1, 0.15) is 39.3 Å². The van der Waals surface area contributed by atoms with E-state index in [9.17, 15) is 5.11 Å². The first-order valence-electron chi connectivity index (χ1n) is 15.3. The second-order valence-corrected chi connectivity index (χ2v) is 12.5. The van der Waals surface area contributed by atoms with E-state index in [1.807, 2.05) is 42.5 Å². The number of methoxy groups -OCH3 is 5. The zero-order valence-electron chi connectivity index (χ0n) is 25.8. The number of benzene rings is 6. The maximum absolute atomic E-state index is 15.0. The first-order valence-corrected chi connectivity index (χ1v) is 15.3. The normalized spacial score (nSPS) is 20.8. The maximum atomic E-state index is 15.0. The summed E-state index contributed by atoms with van der Waals surface area (Å²) in [4.78, 5) is 15.0. The fraction of sp³-hybridized carbons (Fsp3) is 0.205. The molecule has 5 aliphatic carbocycles. The minimum atomic E-state index is -1.01. The van der Waals surface area contributed by atoms with Gasteiger partial charge in [0.1, 0.15) is 23.0 Å². The van der Waals surface area contributed by atoms with E-state index in [0.717, 1.165) is 82.2 Å². The Morgan fingerprint density at radius 3 is 2.13 bits per heavy atom. The molecule has 3 atom stereocenters. The molecule has 7 nitrogen and oxygen atoms in total. The van der Waals surface area contributed by atoms with Crippen molar-refractivity contribution in [3.63, 3.8) is 0 Å². The second-order valence-electron chi connectivity index (χ2n) is 12.5. The summed E-state index contributed by atoms with van der Waals surface area (Å²) in [5, 5.41) is 19.0. The summed E-state index contributed by atoms with van der Waals surface area (Å²) in [6.07, 6.45) is 4.06. The lowest BCUT2D eigenvalue weighted by Crippen LogP contribution is -2.55. The highest BCUT2D eigenvalue weighted by Gasteiger charge is 2.64. The predicted molar refractivity (Wildman–Crippen MR) is 177 cm³/mol. The molecule has 0 saturated heterocycles. The number of hydrogen-bond donors (Lipinski definition) is 1. The number of carbonyl (C=O) groups excluding carboxylic acids is 1. The molecule has 46 heavy (non-hydrogen) atoms. The number of rotatable bonds is 5. The van der Waals surface area contributed by atoms with Gasteiger partial charge in [0, 0.05) is 38.1 Å². The molecule has 1 spiro atoms. The molecule has 0 saturated carbocycles. The van der Waals surface area contributed by atoms with E-state index in [2.05, 4.69) is 12.1 Å². The molecule has 6 aromatic rings. The van der Waals surface area contributed by atoms with Crippen molar-refractivity contribution >= 4 is 54.9 Å². The Balaban J connectivity index is 1.62. The standard InChI is InChI=1S/C39H28O7/c1-42-24-14-20-25(43-2)15-21-31-32-26(44-3)13-16-7-6-8-23(40)27(16)35(32)39-22(36(31)41)12-11-19-33(39)29-18(37(45-4)38(19)46-5)10-9-17(24)28(29)30(20)34(21)39/h6-15,22,31,40H,1-5H3/t22-,31+,39?/m1/s1. The van der Waals surface area contributed by atoms with Crippen molar-refractivity contribution in [3.8, 4) is 34.5 Å². The molecule has 0 heterocycles. The number of hydrogen-bond acceptors (Lipinski definition) is 7. The highest BCUT2D eigenvalue weighted by Crippen LogP contribution is 2.72. The Morgan fingerprint density at radius 1 is 0.674 bits per heavy atom. The fourth-order valence-electron chi connectivity index (χ4n) is 9.69. The van der Waals surface area contributed by atoms with Crippen molar-refractivity contribution in [2.45, 2.75) is 11.3 Å². The zero-order chi connectivity index (χ0) is 31.4. The first kappa shape index (κ1) is 25.9. The molecule has 2 bridgehead atoms. The maximum Gasteiger partial charge on any atom is 0.169 e. The summed E-state index contributed by atoms with van der Waals surface area (Å²) in [5.74, 6) is 2.32. The van der Waals surface area contributed by atoms with Crippen molar-refractivity contribution in [2.24, 2.45) is 5.92 Å². The van der Waals surface area contributed by atoms with Crippen LogP contribution in [0.25, 0.3) is 49.2 Å². The van der Waals surface area contributed by atoms with Gasteiger partial charge < -0.3 is 28.8 Å². The van der Waals surface area contributed by atoms with Gasteiger partial charge in [0.05, 0.1) is 52.8 Å². The highest BCUT2D eigenvalue weighted by molar-refractivity contribution is 6.31. The van der Waals surface area contributed by atoms with Gasteiger partial charge in [0.2, 0.25) is 0 Å².